The van der Waals surface area contributed by atoms with Crippen LogP contribution in [0.5, 0.6) is 0 Å². The summed E-state index contributed by atoms with van der Waals surface area (Å²) in [6, 6.07) is 9.99. The van der Waals surface area contributed by atoms with Crippen LogP contribution in [0.4, 0.5) is 17.6 Å². The van der Waals surface area contributed by atoms with Crippen LogP contribution in [0.1, 0.15) is 62.5 Å². The number of benzene rings is 2. The highest BCUT2D eigenvalue weighted by Crippen LogP contribution is 2.48. The number of rotatable bonds is 3. The Morgan fingerprint density at radius 2 is 1.57 bits per heavy atom. The Morgan fingerprint density at radius 1 is 0.867 bits per heavy atom. The molecule has 0 amide bonds. The van der Waals surface area contributed by atoms with Crippen LogP contribution in [0, 0.1) is 23.6 Å². The van der Waals surface area contributed by atoms with Crippen LogP contribution in [0.2, 0.25) is 0 Å². The van der Waals surface area contributed by atoms with Crippen LogP contribution in [-0.4, -0.2) is 0 Å². The van der Waals surface area contributed by atoms with Crippen molar-refractivity contribution in [1.29, 1.82) is 0 Å². The summed E-state index contributed by atoms with van der Waals surface area (Å²) in [5.74, 6) is 2.25. The molecule has 4 rings (SSSR count). The second-order valence-electron chi connectivity index (χ2n) is 8.94. The van der Waals surface area contributed by atoms with Crippen LogP contribution in [0.15, 0.2) is 54.6 Å². The zero-order valence-electron chi connectivity index (χ0n) is 17.3. The first kappa shape index (κ1) is 21.1. The maximum Gasteiger partial charge on any atom is 0.416 e. The normalized spacial score (nSPS) is 27.2. The van der Waals surface area contributed by atoms with Gasteiger partial charge in [-0.1, -0.05) is 36.4 Å². The van der Waals surface area contributed by atoms with Crippen LogP contribution in [-0.2, 0) is 6.18 Å². The van der Waals surface area contributed by atoms with Gasteiger partial charge in [0.1, 0.15) is 5.82 Å². The topological polar surface area (TPSA) is 0 Å². The maximum atomic E-state index is 14.9. The lowest BCUT2D eigenvalue weighted by Crippen LogP contribution is -2.30. The second-order valence-corrected chi connectivity index (χ2v) is 8.94. The number of hydrogen-bond acceptors (Lipinski definition) is 0. The van der Waals surface area contributed by atoms with E-state index in [0.29, 0.717) is 23.0 Å². The maximum absolute atomic E-state index is 14.9. The van der Waals surface area contributed by atoms with Gasteiger partial charge < -0.3 is 0 Å². The van der Waals surface area contributed by atoms with Crippen LogP contribution in [0.3, 0.4) is 0 Å². The molecule has 30 heavy (non-hydrogen) atoms. The third-order valence-electron chi connectivity index (χ3n) is 7.11. The fourth-order valence-electron chi connectivity index (χ4n) is 5.53. The molecule has 4 atom stereocenters. The van der Waals surface area contributed by atoms with Gasteiger partial charge in [0.15, 0.2) is 0 Å². The molecular formula is C26H28F4. The first-order valence-electron chi connectivity index (χ1n) is 10.9. The molecule has 0 nitrogen and oxygen atoms in total. The van der Waals surface area contributed by atoms with Crippen molar-refractivity contribution in [1.82, 2.24) is 0 Å². The summed E-state index contributed by atoms with van der Waals surface area (Å²) in [7, 11) is 0. The van der Waals surface area contributed by atoms with Gasteiger partial charge in [-0.25, -0.2) is 4.39 Å². The minimum absolute atomic E-state index is 0.355. The molecule has 2 fully saturated rings. The molecule has 4 unspecified atom stereocenters. The van der Waals surface area contributed by atoms with E-state index in [9.17, 15) is 17.6 Å². The van der Waals surface area contributed by atoms with Crippen molar-refractivity contribution in [3.63, 3.8) is 0 Å². The molecule has 2 aromatic rings. The van der Waals surface area contributed by atoms with Crippen LogP contribution < -0.4 is 0 Å². The van der Waals surface area contributed by atoms with Crippen molar-refractivity contribution in [2.45, 2.75) is 57.5 Å². The summed E-state index contributed by atoms with van der Waals surface area (Å²) < 4.78 is 53.1. The SMILES string of the molecule is C/C=C/C1CCC2CC(c3ccc(-c4ccc(C(F)(F)F)cc4)c(F)c3)CCC2C1. The van der Waals surface area contributed by atoms with Gasteiger partial charge in [-0.05, 0) is 98.4 Å². The standard InChI is InChI=1S/C26H28F4/c1-2-3-17-4-5-20-15-21(7-6-19(20)14-17)22-10-13-24(25(27)16-22)18-8-11-23(12-9-18)26(28,29)30/h2-3,8-13,16-17,19-21H,4-7,14-15H2,1H3/b3-2+. The molecule has 0 N–H and O–H groups in total. The van der Waals surface area contributed by atoms with Gasteiger partial charge in [-0.15, -0.1) is 0 Å². The third kappa shape index (κ3) is 4.48. The van der Waals surface area contributed by atoms with Crippen LogP contribution in [0.25, 0.3) is 11.1 Å². The fraction of sp³-hybridized carbons (Fsp3) is 0.462. The molecule has 0 radical (unpaired) electrons. The molecule has 2 aliphatic rings. The van der Waals surface area contributed by atoms with E-state index in [1.807, 2.05) is 6.07 Å². The number of allylic oxidation sites excluding steroid dienone is 2. The zero-order chi connectivity index (χ0) is 21.3. The molecule has 0 saturated heterocycles. The molecule has 0 bridgehead atoms. The summed E-state index contributed by atoms with van der Waals surface area (Å²) in [5.41, 5.74) is 1.13. The van der Waals surface area contributed by atoms with Crippen molar-refractivity contribution >= 4 is 0 Å². The predicted octanol–water partition coefficient (Wildman–Crippen LogP) is 8.39. The molecule has 2 saturated carbocycles. The summed E-state index contributed by atoms with van der Waals surface area (Å²) >= 11 is 0. The van der Waals surface area contributed by atoms with E-state index in [2.05, 4.69) is 19.1 Å². The minimum Gasteiger partial charge on any atom is -0.206 e. The van der Waals surface area contributed by atoms with E-state index in [1.54, 1.807) is 12.1 Å². The largest absolute Gasteiger partial charge is 0.416 e. The molecule has 0 spiro atoms. The van der Waals surface area contributed by atoms with Gasteiger partial charge in [-0.3, -0.25) is 0 Å². The minimum atomic E-state index is -4.38. The number of halogens is 4. The van der Waals surface area contributed by atoms with Gasteiger partial charge in [0.05, 0.1) is 5.56 Å². The highest BCUT2D eigenvalue weighted by Gasteiger charge is 2.35. The van der Waals surface area contributed by atoms with Gasteiger partial charge in [0, 0.05) is 5.56 Å². The monoisotopic (exact) mass is 416 g/mol. The number of fused-ring (bicyclic) bond motifs is 1. The highest BCUT2D eigenvalue weighted by atomic mass is 19.4. The Balaban J connectivity index is 1.46. The van der Waals surface area contributed by atoms with Gasteiger partial charge in [-0.2, -0.15) is 13.2 Å². The Bertz CT molecular complexity index is 894. The molecule has 0 heterocycles. The molecule has 2 aromatic carbocycles. The molecule has 160 valence electrons. The van der Waals surface area contributed by atoms with Gasteiger partial charge in [0.2, 0.25) is 0 Å². The van der Waals surface area contributed by atoms with E-state index in [0.717, 1.165) is 42.4 Å². The average molecular weight is 417 g/mol. The lowest BCUT2D eigenvalue weighted by Gasteiger charge is -2.41. The fourth-order valence-corrected chi connectivity index (χ4v) is 5.53. The van der Waals surface area contributed by atoms with Crippen LogP contribution >= 0.6 is 0 Å². The summed E-state index contributed by atoms with van der Waals surface area (Å²) in [4.78, 5) is 0. The lowest BCUT2D eigenvalue weighted by molar-refractivity contribution is -0.137. The predicted molar refractivity (Wildman–Crippen MR) is 113 cm³/mol. The molecule has 0 aliphatic heterocycles. The first-order valence-corrected chi connectivity index (χ1v) is 10.9. The zero-order valence-corrected chi connectivity index (χ0v) is 17.3. The Labute approximate surface area is 176 Å². The quantitative estimate of drug-likeness (QED) is 0.348. The Kier molecular flexibility index (Phi) is 6.04. The highest BCUT2D eigenvalue weighted by molar-refractivity contribution is 5.65. The van der Waals surface area contributed by atoms with E-state index in [1.165, 1.54) is 37.8 Å². The smallest absolute Gasteiger partial charge is 0.206 e. The van der Waals surface area contributed by atoms with E-state index < -0.39 is 11.7 Å². The van der Waals surface area contributed by atoms with E-state index in [4.69, 9.17) is 0 Å². The van der Waals surface area contributed by atoms with E-state index >= 15 is 0 Å². The third-order valence-corrected chi connectivity index (χ3v) is 7.11. The van der Waals surface area contributed by atoms with Gasteiger partial charge in [0.25, 0.3) is 0 Å². The van der Waals surface area contributed by atoms with E-state index in [-0.39, 0.29) is 5.82 Å². The summed E-state index contributed by atoms with van der Waals surface area (Å²) in [6.45, 7) is 2.09. The van der Waals surface area contributed by atoms with Crippen molar-refractivity contribution in [2.75, 3.05) is 0 Å². The van der Waals surface area contributed by atoms with Crippen molar-refractivity contribution in [2.24, 2.45) is 17.8 Å². The Morgan fingerprint density at radius 3 is 2.23 bits per heavy atom. The lowest BCUT2D eigenvalue weighted by atomic mass is 9.64. The Hall–Kier alpha value is -2.10. The summed E-state index contributed by atoms with van der Waals surface area (Å²) in [5, 5.41) is 0. The molecular weight excluding hydrogens is 388 g/mol. The summed E-state index contributed by atoms with van der Waals surface area (Å²) in [6.07, 6.45) is 7.31. The molecule has 4 heteroatoms. The molecule has 0 aromatic heterocycles. The second kappa shape index (κ2) is 8.56. The number of alkyl halides is 3. The van der Waals surface area contributed by atoms with Crippen molar-refractivity contribution < 1.29 is 17.6 Å². The molecule has 2 aliphatic carbocycles. The van der Waals surface area contributed by atoms with Crippen molar-refractivity contribution in [3.05, 3.63) is 71.6 Å². The first-order chi connectivity index (χ1) is 14.3. The average Bonchev–Trinajstić information content (AvgIpc) is 2.73. The van der Waals surface area contributed by atoms with Crippen molar-refractivity contribution in [3.8, 4) is 11.1 Å². The van der Waals surface area contributed by atoms with Gasteiger partial charge >= 0.3 is 6.18 Å². The number of hydrogen-bond donors (Lipinski definition) is 0.